The molecule has 6 nitrogen and oxygen atoms in total. The number of ether oxygens (including phenoxy) is 2. The van der Waals surface area contributed by atoms with Crippen LogP contribution in [0.3, 0.4) is 0 Å². The molecule has 1 aromatic heterocycles. The Hall–Kier alpha value is -1.40. The monoisotopic (exact) mass is 293 g/mol. The highest BCUT2D eigenvalue weighted by molar-refractivity contribution is 5.77. The third kappa shape index (κ3) is 3.11. The summed E-state index contributed by atoms with van der Waals surface area (Å²) in [4.78, 5) is 13.9. The number of hydrogen-bond acceptors (Lipinski definition) is 4. The lowest BCUT2D eigenvalue weighted by molar-refractivity contribution is -0.136. The molecule has 0 N–H and O–H groups in total. The molecule has 0 aromatic carbocycles. The zero-order valence-corrected chi connectivity index (χ0v) is 12.8. The van der Waals surface area contributed by atoms with E-state index in [0.717, 1.165) is 31.1 Å². The van der Waals surface area contributed by atoms with Crippen molar-refractivity contribution in [2.75, 3.05) is 27.4 Å². The van der Waals surface area contributed by atoms with Crippen molar-refractivity contribution in [2.45, 2.75) is 39.0 Å². The van der Waals surface area contributed by atoms with E-state index in [9.17, 15) is 4.79 Å². The summed E-state index contributed by atoms with van der Waals surface area (Å²) in [5, 5.41) is 4.72. The van der Waals surface area contributed by atoms with Gasteiger partial charge in [-0.25, -0.2) is 0 Å². The first kappa shape index (κ1) is 14.5. The molecule has 0 atom stereocenters. The van der Waals surface area contributed by atoms with Crippen LogP contribution in [0.4, 0.5) is 0 Å². The molecule has 1 saturated carbocycles. The van der Waals surface area contributed by atoms with Crippen LogP contribution in [0.25, 0.3) is 0 Å². The molecule has 2 heterocycles. The van der Waals surface area contributed by atoms with Crippen LogP contribution in [-0.4, -0.2) is 48.0 Å². The van der Waals surface area contributed by atoms with Crippen molar-refractivity contribution in [3.05, 3.63) is 17.0 Å². The molecule has 0 unspecified atom stereocenters. The predicted molar refractivity (Wildman–Crippen MR) is 76.7 cm³/mol. The molecular weight excluding hydrogens is 270 g/mol. The normalized spacial score (nSPS) is 17.9. The highest BCUT2D eigenvalue weighted by atomic mass is 16.5. The summed E-state index contributed by atoms with van der Waals surface area (Å²) >= 11 is 0. The third-order valence-corrected chi connectivity index (χ3v) is 4.25. The number of hydrogen-bond donors (Lipinski definition) is 0. The number of carbonyl (C=O) groups is 1. The minimum absolute atomic E-state index is 0.0430. The number of amides is 1. The van der Waals surface area contributed by atoms with E-state index in [1.165, 1.54) is 24.1 Å². The van der Waals surface area contributed by atoms with Gasteiger partial charge in [0.2, 0.25) is 5.91 Å². The molecule has 6 heteroatoms. The van der Waals surface area contributed by atoms with Crippen molar-refractivity contribution in [3.8, 4) is 0 Å². The summed E-state index contributed by atoms with van der Waals surface area (Å²) in [6, 6.07) is 0. The lowest BCUT2D eigenvalue weighted by Gasteiger charge is -2.27. The van der Waals surface area contributed by atoms with Crippen molar-refractivity contribution < 1.29 is 14.3 Å². The second kappa shape index (κ2) is 6.15. The molecule has 0 spiro atoms. The van der Waals surface area contributed by atoms with Crippen molar-refractivity contribution in [2.24, 2.45) is 5.92 Å². The van der Waals surface area contributed by atoms with E-state index in [0.29, 0.717) is 13.2 Å². The Kier molecular flexibility index (Phi) is 4.26. The van der Waals surface area contributed by atoms with E-state index < -0.39 is 0 Å². The van der Waals surface area contributed by atoms with E-state index in [4.69, 9.17) is 14.6 Å². The lowest BCUT2D eigenvalue weighted by Crippen LogP contribution is -2.38. The molecule has 1 amide bonds. The van der Waals surface area contributed by atoms with Crippen LogP contribution in [-0.2, 0) is 40.4 Å². The maximum absolute atomic E-state index is 12.0. The van der Waals surface area contributed by atoms with Gasteiger partial charge in [0.1, 0.15) is 6.61 Å². The SMILES string of the molecule is COCC(=O)N1CCc2c(c(COC)nn2CC2CC2)C1. The molecule has 3 rings (SSSR count). The Morgan fingerprint density at radius 3 is 2.81 bits per heavy atom. The Bertz CT molecular complexity index is 522. The van der Waals surface area contributed by atoms with Crippen LogP contribution in [0.1, 0.15) is 29.8 Å². The standard InChI is InChI=1S/C15H23N3O3/c1-20-9-13-12-8-17(15(19)10-21-2)6-5-14(12)18(16-13)7-11-3-4-11/h11H,3-10H2,1-2H3. The zero-order valence-electron chi connectivity index (χ0n) is 12.8. The smallest absolute Gasteiger partial charge is 0.248 e. The van der Waals surface area contributed by atoms with Gasteiger partial charge in [0.15, 0.2) is 0 Å². The fourth-order valence-electron chi connectivity index (χ4n) is 2.94. The Balaban J connectivity index is 1.81. The van der Waals surface area contributed by atoms with Crippen LogP contribution in [0, 0.1) is 5.92 Å². The minimum Gasteiger partial charge on any atom is -0.378 e. The van der Waals surface area contributed by atoms with Gasteiger partial charge in [0.25, 0.3) is 0 Å². The second-order valence-corrected chi connectivity index (χ2v) is 5.93. The first-order valence-electron chi connectivity index (χ1n) is 7.56. The molecule has 0 bridgehead atoms. The van der Waals surface area contributed by atoms with Gasteiger partial charge in [-0.1, -0.05) is 0 Å². The third-order valence-electron chi connectivity index (χ3n) is 4.25. The van der Waals surface area contributed by atoms with Gasteiger partial charge in [-0.05, 0) is 18.8 Å². The van der Waals surface area contributed by atoms with Crippen LogP contribution in [0.2, 0.25) is 0 Å². The van der Waals surface area contributed by atoms with Gasteiger partial charge in [-0.2, -0.15) is 5.10 Å². The fourth-order valence-corrected chi connectivity index (χ4v) is 2.94. The largest absolute Gasteiger partial charge is 0.378 e. The predicted octanol–water partition coefficient (Wildman–Crippen LogP) is 0.971. The molecular formula is C15H23N3O3. The van der Waals surface area contributed by atoms with Crippen LogP contribution < -0.4 is 0 Å². The lowest BCUT2D eigenvalue weighted by atomic mass is 10.0. The Morgan fingerprint density at radius 2 is 2.14 bits per heavy atom. The summed E-state index contributed by atoms with van der Waals surface area (Å²) in [7, 11) is 3.24. The number of methoxy groups -OCH3 is 2. The Morgan fingerprint density at radius 1 is 1.33 bits per heavy atom. The summed E-state index contributed by atoms with van der Waals surface area (Å²) in [5.41, 5.74) is 3.44. The van der Waals surface area contributed by atoms with Crippen molar-refractivity contribution >= 4 is 5.91 Å². The highest BCUT2D eigenvalue weighted by Gasteiger charge is 2.30. The van der Waals surface area contributed by atoms with E-state index in [-0.39, 0.29) is 12.5 Å². The maximum atomic E-state index is 12.0. The van der Waals surface area contributed by atoms with E-state index in [1.54, 1.807) is 14.2 Å². The minimum atomic E-state index is 0.0430. The van der Waals surface area contributed by atoms with Crippen molar-refractivity contribution in [1.29, 1.82) is 0 Å². The molecule has 1 fully saturated rings. The summed E-state index contributed by atoms with van der Waals surface area (Å²) < 4.78 is 12.4. The molecule has 2 aliphatic rings. The molecule has 0 radical (unpaired) electrons. The fraction of sp³-hybridized carbons (Fsp3) is 0.733. The number of aromatic nitrogens is 2. The molecule has 0 saturated heterocycles. The Labute approximate surface area is 125 Å². The maximum Gasteiger partial charge on any atom is 0.248 e. The van der Waals surface area contributed by atoms with Gasteiger partial charge in [-0.3, -0.25) is 9.48 Å². The van der Waals surface area contributed by atoms with E-state index in [2.05, 4.69) is 4.68 Å². The van der Waals surface area contributed by atoms with E-state index in [1.807, 2.05) is 4.90 Å². The van der Waals surface area contributed by atoms with Crippen LogP contribution in [0.5, 0.6) is 0 Å². The molecule has 116 valence electrons. The van der Waals surface area contributed by atoms with Crippen LogP contribution in [0.15, 0.2) is 0 Å². The summed E-state index contributed by atoms with van der Waals surface area (Å²) in [6.45, 7) is 3.04. The van der Waals surface area contributed by atoms with Crippen molar-refractivity contribution in [1.82, 2.24) is 14.7 Å². The van der Waals surface area contributed by atoms with Gasteiger partial charge < -0.3 is 14.4 Å². The first-order valence-corrected chi connectivity index (χ1v) is 7.56. The van der Waals surface area contributed by atoms with Gasteiger partial charge in [0.05, 0.1) is 12.3 Å². The topological polar surface area (TPSA) is 56.6 Å². The molecule has 1 aromatic rings. The molecule has 21 heavy (non-hydrogen) atoms. The summed E-state index contributed by atoms with van der Waals surface area (Å²) in [6.07, 6.45) is 3.49. The quantitative estimate of drug-likeness (QED) is 0.784. The van der Waals surface area contributed by atoms with Crippen molar-refractivity contribution in [3.63, 3.8) is 0 Å². The average Bonchev–Trinajstić information content (AvgIpc) is 3.23. The van der Waals surface area contributed by atoms with Gasteiger partial charge in [0, 0.05) is 51.5 Å². The summed E-state index contributed by atoms with van der Waals surface area (Å²) in [5.74, 6) is 0.832. The average molecular weight is 293 g/mol. The number of rotatable bonds is 6. The highest BCUT2D eigenvalue weighted by Crippen LogP contribution is 2.32. The number of carbonyl (C=O) groups excluding carboxylic acids is 1. The van der Waals surface area contributed by atoms with Crippen LogP contribution >= 0.6 is 0 Å². The van der Waals surface area contributed by atoms with Gasteiger partial charge in [-0.15, -0.1) is 0 Å². The first-order chi connectivity index (χ1) is 10.2. The zero-order chi connectivity index (χ0) is 14.8. The molecule has 1 aliphatic heterocycles. The van der Waals surface area contributed by atoms with E-state index >= 15 is 0 Å². The number of nitrogens with zero attached hydrogens (tertiary/aromatic N) is 3. The molecule has 1 aliphatic carbocycles. The number of fused-ring (bicyclic) bond motifs is 1. The second-order valence-electron chi connectivity index (χ2n) is 5.93. The van der Waals surface area contributed by atoms with Gasteiger partial charge >= 0.3 is 0 Å².